The lowest BCUT2D eigenvalue weighted by Crippen LogP contribution is -2.19. The summed E-state index contributed by atoms with van der Waals surface area (Å²) in [5, 5.41) is 9.69. The fourth-order valence-corrected chi connectivity index (χ4v) is 3.33. The van der Waals surface area contributed by atoms with Crippen LogP contribution >= 0.6 is 39.3 Å². The summed E-state index contributed by atoms with van der Waals surface area (Å²) in [6.07, 6.45) is 2.03. The molecule has 1 heterocycles. The second-order valence-electron chi connectivity index (χ2n) is 4.07. The number of carboxylic acids is 1. The number of hydrogen-bond acceptors (Lipinski definition) is 3. The maximum atomic E-state index is 11.4. The number of carbonyl (C=O) groups is 1. The molecule has 0 aliphatic heterocycles. The molecule has 0 amide bonds. The Morgan fingerprint density at radius 2 is 2.10 bits per heavy atom. The zero-order chi connectivity index (χ0) is 14.5. The second kappa shape index (κ2) is 7.11. The minimum absolute atomic E-state index is 0.426. The zero-order valence-electron chi connectivity index (χ0n) is 10.3. The fourth-order valence-electron chi connectivity index (χ4n) is 1.63. The summed E-state index contributed by atoms with van der Waals surface area (Å²) in [5.74, 6) is -0.875. The average molecular weight is 373 g/mol. The van der Waals surface area contributed by atoms with Crippen LogP contribution in [0.15, 0.2) is 52.1 Å². The molecule has 104 valence electrons. The summed E-state index contributed by atoms with van der Waals surface area (Å²) in [6, 6.07) is 11.2. The highest BCUT2D eigenvalue weighted by molar-refractivity contribution is 9.10. The van der Waals surface area contributed by atoms with E-state index in [9.17, 15) is 9.90 Å². The van der Waals surface area contributed by atoms with Gasteiger partial charge in [0, 0.05) is 10.7 Å². The van der Waals surface area contributed by atoms with Gasteiger partial charge < -0.3 is 5.11 Å². The Bertz CT molecular complexity index is 609. The van der Waals surface area contributed by atoms with E-state index in [1.54, 1.807) is 12.3 Å². The molecule has 0 saturated carbocycles. The van der Waals surface area contributed by atoms with Gasteiger partial charge in [-0.3, -0.25) is 4.79 Å². The van der Waals surface area contributed by atoms with Gasteiger partial charge in [-0.15, -0.1) is 0 Å². The molecule has 1 N–H and O–H groups in total. The first kappa shape index (κ1) is 15.4. The van der Waals surface area contributed by atoms with Gasteiger partial charge in [0.25, 0.3) is 0 Å². The Kier molecular flexibility index (Phi) is 5.46. The predicted molar refractivity (Wildman–Crippen MR) is 84.4 cm³/mol. The van der Waals surface area contributed by atoms with Crippen molar-refractivity contribution in [2.45, 2.75) is 16.7 Å². The lowest BCUT2D eigenvalue weighted by Gasteiger charge is -2.12. The van der Waals surface area contributed by atoms with Crippen LogP contribution < -0.4 is 0 Å². The minimum atomic E-state index is -0.875. The topological polar surface area (TPSA) is 50.2 Å². The van der Waals surface area contributed by atoms with Crippen LogP contribution in [0.3, 0.4) is 0 Å². The van der Waals surface area contributed by atoms with Gasteiger partial charge in [0.2, 0.25) is 0 Å². The summed E-state index contributed by atoms with van der Waals surface area (Å²) in [7, 11) is 0. The Hall–Kier alpha value is -1.04. The van der Waals surface area contributed by atoms with Crippen molar-refractivity contribution in [3.63, 3.8) is 0 Å². The molecule has 0 fully saturated rings. The number of aromatic nitrogens is 1. The van der Waals surface area contributed by atoms with E-state index >= 15 is 0 Å². The monoisotopic (exact) mass is 371 g/mol. The Labute approximate surface area is 134 Å². The molecule has 1 aromatic carbocycles. The van der Waals surface area contributed by atoms with Gasteiger partial charge >= 0.3 is 5.97 Å². The van der Waals surface area contributed by atoms with Crippen LogP contribution in [0, 0.1) is 0 Å². The van der Waals surface area contributed by atoms with Crippen molar-refractivity contribution in [1.29, 1.82) is 0 Å². The molecule has 0 radical (unpaired) electrons. The lowest BCUT2D eigenvalue weighted by molar-refractivity contribution is -0.136. The van der Waals surface area contributed by atoms with Gasteiger partial charge in [-0.1, -0.05) is 53.7 Å². The Morgan fingerprint density at radius 3 is 2.70 bits per heavy atom. The van der Waals surface area contributed by atoms with Crippen LogP contribution in [-0.2, 0) is 11.2 Å². The molecular formula is C14H11BrClNO2S. The van der Waals surface area contributed by atoms with Crippen LogP contribution in [0.5, 0.6) is 0 Å². The van der Waals surface area contributed by atoms with Crippen molar-refractivity contribution >= 4 is 45.3 Å². The fraction of sp³-hybridized carbons (Fsp3) is 0.143. The largest absolute Gasteiger partial charge is 0.480 e. The van der Waals surface area contributed by atoms with E-state index in [4.69, 9.17) is 11.6 Å². The maximum absolute atomic E-state index is 11.4. The van der Waals surface area contributed by atoms with Gasteiger partial charge in [-0.05, 0) is 34.0 Å². The molecule has 0 bridgehead atoms. The summed E-state index contributed by atoms with van der Waals surface area (Å²) < 4.78 is 0.766. The molecule has 0 aliphatic rings. The quantitative estimate of drug-likeness (QED) is 0.796. The summed E-state index contributed by atoms with van der Waals surface area (Å²) in [4.78, 5) is 15.5. The van der Waals surface area contributed by atoms with Gasteiger partial charge in [0.15, 0.2) is 0 Å². The van der Waals surface area contributed by atoms with Crippen molar-refractivity contribution in [2.24, 2.45) is 0 Å². The number of halogens is 2. The Balaban J connectivity index is 2.15. The summed E-state index contributed by atoms with van der Waals surface area (Å²) in [5.41, 5.74) is 0.973. The van der Waals surface area contributed by atoms with Gasteiger partial charge in [0.1, 0.15) is 10.3 Å². The summed E-state index contributed by atoms with van der Waals surface area (Å²) in [6.45, 7) is 0. The van der Waals surface area contributed by atoms with Crippen molar-refractivity contribution < 1.29 is 9.90 Å². The van der Waals surface area contributed by atoms with Gasteiger partial charge in [0.05, 0.1) is 5.02 Å². The van der Waals surface area contributed by atoms with E-state index in [-0.39, 0.29) is 0 Å². The SMILES string of the molecule is O=C(O)C(Cc1ccccc1)Sc1ncc(Br)cc1Cl. The van der Waals surface area contributed by atoms with Crippen LogP contribution in [0.4, 0.5) is 0 Å². The predicted octanol–water partition coefficient (Wildman–Crippen LogP) is 4.29. The number of rotatable bonds is 5. The third-order valence-corrected chi connectivity index (χ3v) is 4.60. The summed E-state index contributed by atoms with van der Waals surface area (Å²) >= 11 is 10.5. The van der Waals surface area contributed by atoms with Crippen molar-refractivity contribution in [1.82, 2.24) is 4.98 Å². The first-order valence-corrected chi connectivity index (χ1v) is 7.86. The molecule has 1 aromatic heterocycles. The molecule has 0 saturated heterocycles. The normalized spacial score (nSPS) is 12.1. The number of carboxylic acid groups (broad SMARTS) is 1. The van der Waals surface area contributed by atoms with E-state index in [2.05, 4.69) is 20.9 Å². The number of nitrogens with zero attached hydrogens (tertiary/aromatic N) is 1. The number of hydrogen-bond donors (Lipinski definition) is 1. The molecule has 2 rings (SSSR count). The average Bonchev–Trinajstić information content (AvgIpc) is 2.42. The van der Waals surface area contributed by atoms with Gasteiger partial charge in [-0.2, -0.15) is 0 Å². The Morgan fingerprint density at radius 1 is 1.40 bits per heavy atom. The van der Waals surface area contributed by atoms with Crippen molar-refractivity contribution in [3.05, 3.63) is 57.7 Å². The number of benzene rings is 1. The second-order valence-corrected chi connectivity index (χ2v) is 6.59. The number of pyridine rings is 1. The smallest absolute Gasteiger partial charge is 0.317 e. The third-order valence-electron chi connectivity index (χ3n) is 2.57. The standard InChI is InChI=1S/C14H11BrClNO2S/c15-10-7-11(16)13(17-8-10)20-12(14(18)19)6-9-4-2-1-3-5-9/h1-5,7-8,12H,6H2,(H,18,19). The third kappa shape index (κ3) is 4.23. The zero-order valence-corrected chi connectivity index (χ0v) is 13.5. The molecule has 0 spiro atoms. The number of aliphatic carboxylic acids is 1. The van der Waals surface area contributed by atoms with Gasteiger partial charge in [-0.25, -0.2) is 4.98 Å². The van der Waals surface area contributed by atoms with E-state index in [0.29, 0.717) is 16.5 Å². The minimum Gasteiger partial charge on any atom is -0.480 e. The van der Waals surface area contributed by atoms with Crippen molar-refractivity contribution in [3.8, 4) is 0 Å². The molecule has 20 heavy (non-hydrogen) atoms. The van der Waals surface area contributed by atoms with E-state index in [1.165, 1.54) is 0 Å². The molecule has 3 nitrogen and oxygen atoms in total. The van der Waals surface area contributed by atoms with E-state index in [1.807, 2.05) is 30.3 Å². The van der Waals surface area contributed by atoms with Crippen LogP contribution in [0.2, 0.25) is 5.02 Å². The number of thioether (sulfide) groups is 1. The molecular weight excluding hydrogens is 362 g/mol. The van der Waals surface area contributed by atoms with Crippen LogP contribution in [0.25, 0.3) is 0 Å². The van der Waals surface area contributed by atoms with E-state index < -0.39 is 11.2 Å². The van der Waals surface area contributed by atoms with Crippen LogP contribution in [-0.4, -0.2) is 21.3 Å². The first-order chi connectivity index (χ1) is 9.56. The maximum Gasteiger partial charge on any atom is 0.317 e. The molecule has 1 unspecified atom stereocenters. The van der Waals surface area contributed by atoms with Crippen molar-refractivity contribution in [2.75, 3.05) is 0 Å². The van der Waals surface area contributed by atoms with Crippen LogP contribution in [0.1, 0.15) is 5.56 Å². The lowest BCUT2D eigenvalue weighted by atomic mass is 10.1. The highest BCUT2D eigenvalue weighted by Crippen LogP contribution is 2.31. The molecule has 2 aromatic rings. The first-order valence-electron chi connectivity index (χ1n) is 5.80. The van der Waals surface area contributed by atoms with E-state index in [0.717, 1.165) is 21.8 Å². The molecule has 6 heteroatoms. The molecule has 0 aliphatic carbocycles. The molecule has 1 atom stereocenters. The highest BCUT2D eigenvalue weighted by atomic mass is 79.9. The highest BCUT2D eigenvalue weighted by Gasteiger charge is 2.21.